The number of thioether (sulfide) groups is 1. The van der Waals surface area contributed by atoms with E-state index < -0.39 is 16.7 Å². The van der Waals surface area contributed by atoms with E-state index in [4.69, 9.17) is 17.0 Å². The molecular formula is C24H17N3O5S2. The molecule has 1 aliphatic heterocycles. The molecule has 10 heteroatoms. The van der Waals surface area contributed by atoms with Gasteiger partial charge in [0.15, 0.2) is 4.32 Å². The number of nitrogens with zero attached hydrogens (tertiary/aromatic N) is 2. The van der Waals surface area contributed by atoms with Crippen molar-refractivity contribution in [3.8, 4) is 5.75 Å². The standard InChI is InChI=1S/C24H17N3O5S2/c28-22(18-6-2-1-3-7-18)25-26-23(29)21(34-24(26)33)14-17-5-4-8-20(13-17)32-15-16-9-11-19(12-10-16)27(30)31/h1-14H,15H2,(H,25,28)/b21-14+. The third kappa shape index (κ3) is 5.48. The zero-order valence-corrected chi connectivity index (χ0v) is 19.2. The predicted octanol–water partition coefficient (Wildman–Crippen LogP) is 4.72. The van der Waals surface area contributed by atoms with E-state index in [0.29, 0.717) is 16.2 Å². The molecule has 8 nitrogen and oxygen atoms in total. The van der Waals surface area contributed by atoms with Gasteiger partial charge in [0.2, 0.25) is 0 Å². The summed E-state index contributed by atoms with van der Waals surface area (Å²) in [5.41, 5.74) is 4.48. The van der Waals surface area contributed by atoms with Gasteiger partial charge in [0, 0.05) is 17.7 Å². The number of hydrazine groups is 1. The van der Waals surface area contributed by atoms with E-state index in [9.17, 15) is 19.7 Å². The number of ether oxygens (including phenoxy) is 1. The second-order valence-electron chi connectivity index (χ2n) is 7.11. The number of benzene rings is 3. The first-order valence-electron chi connectivity index (χ1n) is 10.0. The number of nitro benzene ring substituents is 1. The molecule has 1 fully saturated rings. The maximum Gasteiger partial charge on any atom is 0.285 e. The van der Waals surface area contributed by atoms with Gasteiger partial charge < -0.3 is 4.74 Å². The highest BCUT2D eigenvalue weighted by Gasteiger charge is 2.33. The van der Waals surface area contributed by atoms with Crippen LogP contribution in [-0.2, 0) is 11.4 Å². The van der Waals surface area contributed by atoms with Crippen LogP contribution in [0.1, 0.15) is 21.5 Å². The smallest absolute Gasteiger partial charge is 0.285 e. The van der Waals surface area contributed by atoms with Gasteiger partial charge in [-0.1, -0.05) is 42.1 Å². The number of hydrogen-bond donors (Lipinski definition) is 1. The van der Waals surface area contributed by atoms with Crippen LogP contribution < -0.4 is 10.2 Å². The first-order valence-corrected chi connectivity index (χ1v) is 11.2. The molecule has 0 aliphatic carbocycles. The molecule has 0 spiro atoms. The Morgan fingerprint density at radius 1 is 1.09 bits per heavy atom. The summed E-state index contributed by atoms with van der Waals surface area (Å²) in [6.07, 6.45) is 1.67. The van der Waals surface area contributed by atoms with Gasteiger partial charge in [-0.15, -0.1) is 0 Å². The van der Waals surface area contributed by atoms with Gasteiger partial charge in [-0.2, -0.15) is 5.01 Å². The summed E-state index contributed by atoms with van der Waals surface area (Å²) in [7, 11) is 0. The molecule has 0 aromatic heterocycles. The number of amides is 2. The summed E-state index contributed by atoms with van der Waals surface area (Å²) >= 11 is 6.36. The van der Waals surface area contributed by atoms with Crippen LogP contribution in [0.3, 0.4) is 0 Å². The van der Waals surface area contributed by atoms with E-state index in [2.05, 4.69) is 5.43 Å². The fraction of sp³-hybridized carbons (Fsp3) is 0.0417. The number of carbonyl (C=O) groups is 2. The molecule has 2 amide bonds. The van der Waals surface area contributed by atoms with Crippen LogP contribution in [0.4, 0.5) is 5.69 Å². The Hall–Kier alpha value is -4.02. The molecule has 3 aromatic carbocycles. The Morgan fingerprint density at radius 3 is 2.53 bits per heavy atom. The lowest BCUT2D eigenvalue weighted by molar-refractivity contribution is -0.384. The molecule has 170 valence electrons. The van der Waals surface area contributed by atoms with E-state index in [1.54, 1.807) is 66.7 Å². The number of non-ortho nitro benzene ring substituents is 1. The summed E-state index contributed by atoms with van der Waals surface area (Å²) in [5, 5.41) is 11.8. The molecule has 1 heterocycles. The Balaban J connectivity index is 1.42. The molecule has 0 saturated carbocycles. The molecule has 1 N–H and O–H groups in total. The van der Waals surface area contributed by atoms with Crippen LogP contribution in [0, 0.1) is 10.1 Å². The number of hydrogen-bond acceptors (Lipinski definition) is 7. The highest BCUT2D eigenvalue weighted by Crippen LogP contribution is 2.32. The minimum absolute atomic E-state index is 0.0167. The van der Waals surface area contributed by atoms with Crippen LogP contribution in [0.25, 0.3) is 6.08 Å². The number of nitro groups is 1. The minimum atomic E-state index is -0.455. The van der Waals surface area contributed by atoms with Crippen molar-refractivity contribution in [2.75, 3.05) is 0 Å². The van der Waals surface area contributed by atoms with Crippen LogP contribution >= 0.6 is 24.0 Å². The molecule has 0 bridgehead atoms. The Bertz CT molecular complexity index is 1290. The van der Waals surface area contributed by atoms with Gasteiger partial charge in [-0.3, -0.25) is 25.1 Å². The van der Waals surface area contributed by atoms with Crippen LogP contribution in [-0.4, -0.2) is 26.1 Å². The summed E-state index contributed by atoms with van der Waals surface area (Å²) in [4.78, 5) is 35.9. The van der Waals surface area contributed by atoms with E-state index in [1.807, 2.05) is 6.07 Å². The molecule has 0 atom stereocenters. The van der Waals surface area contributed by atoms with Crippen LogP contribution in [0.5, 0.6) is 5.75 Å². The Labute approximate surface area is 204 Å². The average Bonchev–Trinajstić information content (AvgIpc) is 3.11. The predicted molar refractivity (Wildman–Crippen MR) is 133 cm³/mol. The molecular weight excluding hydrogens is 474 g/mol. The second kappa shape index (κ2) is 10.3. The lowest BCUT2D eigenvalue weighted by Crippen LogP contribution is -2.44. The van der Waals surface area contributed by atoms with Crippen LogP contribution in [0.2, 0.25) is 0 Å². The van der Waals surface area contributed by atoms with Gasteiger partial charge in [0.1, 0.15) is 12.4 Å². The fourth-order valence-electron chi connectivity index (χ4n) is 3.05. The van der Waals surface area contributed by atoms with Crippen molar-refractivity contribution >= 4 is 51.9 Å². The topological polar surface area (TPSA) is 102 Å². The van der Waals surface area contributed by atoms with Crippen LogP contribution in [0.15, 0.2) is 83.8 Å². The quantitative estimate of drug-likeness (QED) is 0.221. The zero-order valence-electron chi connectivity index (χ0n) is 17.5. The Morgan fingerprint density at radius 2 is 1.82 bits per heavy atom. The van der Waals surface area contributed by atoms with Gasteiger partial charge >= 0.3 is 0 Å². The zero-order chi connectivity index (χ0) is 24.1. The summed E-state index contributed by atoms with van der Waals surface area (Å²) in [6, 6.07) is 21.8. The van der Waals surface area contributed by atoms with Gasteiger partial charge in [0.05, 0.1) is 9.83 Å². The van der Waals surface area contributed by atoms with Crippen molar-refractivity contribution < 1.29 is 19.2 Å². The van der Waals surface area contributed by atoms with Crippen molar-refractivity contribution in [2.45, 2.75) is 6.61 Å². The SMILES string of the molecule is O=C(NN1C(=O)/C(=C\c2cccc(OCc3ccc([N+](=O)[O-])cc3)c2)SC1=S)c1ccccc1. The highest BCUT2D eigenvalue weighted by atomic mass is 32.2. The minimum Gasteiger partial charge on any atom is -0.489 e. The number of nitrogens with one attached hydrogen (secondary N) is 1. The van der Waals surface area contributed by atoms with Gasteiger partial charge in [-0.05, 0) is 65.8 Å². The number of thiocarbonyl (C=S) groups is 1. The van der Waals surface area contributed by atoms with Crippen molar-refractivity contribution in [1.29, 1.82) is 0 Å². The average molecular weight is 492 g/mol. The van der Waals surface area contributed by atoms with Gasteiger partial charge in [-0.25, -0.2) is 0 Å². The number of carbonyl (C=O) groups excluding carboxylic acids is 2. The molecule has 4 rings (SSSR count). The van der Waals surface area contributed by atoms with Crippen molar-refractivity contribution in [1.82, 2.24) is 10.4 Å². The van der Waals surface area contributed by atoms with E-state index in [0.717, 1.165) is 27.9 Å². The third-order valence-electron chi connectivity index (χ3n) is 4.75. The first kappa shape index (κ1) is 23.1. The first-order chi connectivity index (χ1) is 16.4. The van der Waals surface area contributed by atoms with E-state index in [-0.39, 0.29) is 16.6 Å². The Kier molecular flexibility index (Phi) is 7.00. The lowest BCUT2D eigenvalue weighted by atomic mass is 10.2. The molecule has 0 radical (unpaired) electrons. The van der Waals surface area contributed by atoms with Crippen molar-refractivity contribution in [3.05, 3.63) is 111 Å². The second-order valence-corrected chi connectivity index (χ2v) is 8.78. The third-order valence-corrected chi connectivity index (χ3v) is 6.05. The summed E-state index contributed by atoms with van der Waals surface area (Å²) in [6.45, 7) is 0.231. The van der Waals surface area contributed by atoms with Crippen molar-refractivity contribution in [3.63, 3.8) is 0 Å². The normalized spacial score (nSPS) is 14.4. The lowest BCUT2D eigenvalue weighted by Gasteiger charge is -2.15. The molecule has 34 heavy (non-hydrogen) atoms. The monoisotopic (exact) mass is 491 g/mol. The summed E-state index contributed by atoms with van der Waals surface area (Å²) in [5.74, 6) is -0.281. The fourth-order valence-corrected chi connectivity index (χ4v) is 4.23. The largest absolute Gasteiger partial charge is 0.489 e. The van der Waals surface area contributed by atoms with Crippen molar-refractivity contribution in [2.24, 2.45) is 0 Å². The maximum atomic E-state index is 12.8. The van der Waals surface area contributed by atoms with E-state index >= 15 is 0 Å². The maximum absolute atomic E-state index is 12.8. The number of rotatable bonds is 7. The molecule has 1 aliphatic rings. The highest BCUT2D eigenvalue weighted by molar-refractivity contribution is 8.26. The summed E-state index contributed by atoms with van der Waals surface area (Å²) < 4.78 is 6.01. The molecule has 1 saturated heterocycles. The van der Waals surface area contributed by atoms with Gasteiger partial charge in [0.25, 0.3) is 17.5 Å². The van der Waals surface area contributed by atoms with E-state index in [1.165, 1.54) is 12.1 Å². The molecule has 3 aromatic rings. The molecule has 0 unspecified atom stereocenters.